The van der Waals surface area contributed by atoms with Gasteiger partial charge >= 0.3 is 0 Å². The lowest BCUT2D eigenvalue weighted by atomic mass is 10.2. The van der Waals surface area contributed by atoms with Crippen molar-refractivity contribution in [2.75, 3.05) is 18.2 Å². The summed E-state index contributed by atoms with van der Waals surface area (Å²) in [7, 11) is 1.50. The number of hydrogen-bond acceptors (Lipinski definition) is 6. The fourth-order valence-electron chi connectivity index (χ4n) is 2.07. The molecule has 3 rings (SSSR count). The van der Waals surface area contributed by atoms with Crippen LogP contribution >= 0.6 is 23.4 Å². The summed E-state index contributed by atoms with van der Waals surface area (Å²) >= 11 is 7.02. The Morgan fingerprint density at radius 3 is 2.77 bits per heavy atom. The molecule has 1 heterocycles. The first kappa shape index (κ1) is 18.2. The number of nitrogens with zero attached hydrogens (tertiary/aromatic N) is 2. The molecule has 0 aliphatic heterocycles. The maximum Gasteiger partial charge on any atom is 0.277 e. The van der Waals surface area contributed by atoms with Gasteiger partial charge in [0.25, 0.3) is 5.22 Å². The van der Waals surface area contributed by atoms with Gasteiger partial charge in [-0.3, -0.25) is 4.79 Å². The fourth-order valence-corrected chi connectivity index (χ4v) is 2.80. The molecule has 0 radical (unpaired) electrons. The number of methoxy groups -OCH3 is 1. The van der Waals surface area contributed by atoms with E-state index in [2.05, 4.69) is 15.5 Å². The van der Waals surface area contributed by atoms with Crippen molar-refractivity contribution in [2.45, 2.75) is 5.22 Å². The SMILES string of the molecule is COc1ccc(Cl)cc1NC(=O)CSc1nnc(-c2ccc(F)cc2)o1. The maximum absolute atomic E-state index is 12.9. The minimum atomic E-state index is -0.351. The number of halogens is 2. The Labute approximate surface area is 157 Å². The van der Waals surface area contributed by atoms with Crippen molar-refractivity contribution in [1.29, 1.82) is 0 Å². The van der Waals surface area contributed by atoms with Gasteiger partial charge in [-0.1, -0.05) is 23.4 Å². The molecule has 26 heavy (non-hydrogen) atoms. The van der Waals surface area contributed by atoms with Crippen LogP contribution in [-0.2, 0) is 4.79 Å². The molecule has 6 nitrogen and oxygen atoms in total. The summed E-state index contributed by atoms with van der Waals surface area (Å²) in [6.45, 7) is 0. The number of nitrogens with one attached hydrogen (secondary N) is 1. The zero-order valence-corrected chi connectivity index (χ0v) is 15.1. The number of aromatic nitrogens is 2. The number of carbonyl (C=O) groups excluding carboxylic acids is 1. The summed E-state index contributed by atoms with van der Waals surface area (Å²) < 4.78 is 23.6. The van der Waals surface area contributed by atoms with E-state index in [0.717, 1.165) is 11.8 Å². The molecule has 1 amide bonds. The predicted molar refractivity (Wildman–Crippen MR) is 97.0 cm³/mol. The van der Waals surface area contributed by atoms with Gasteiger partial charge in [-0.2, -0.15) is 0 Å². The van der Waals surface area contributed by atoms with Crippen molar-refractivity contribution in [3.63, 3.8) is 0 Å². The summed E-state index contributed by atoms with van der Waals surface area (Å²) in [6.07, 6.45) is 0. The first-order valence-electron chi connectivity index (χ1n) is 7.41. The third kappa shape index (κ3) is 4.53. The molecule has 134 valence electrons. The Hall–Kier alpha value is -2.58. The van der Waals surface area contributed by atoms with E-state index < -0.39 is 0 Å². The first-order valence-corrected chi connectivity index (χ1v) is 8.77. The van der Waals surface area contributed by atoms with Gasteiger partial charge in [-0.05, 0) is 42.5 Å². The number of ether oxygens (including phenoxy) is 1. The molecule has 1 aromatic heterocycles. The number of thioether (sulfide) groups is 1. The number of rotatable bonds is 6. The van der Waals surface area contributed by atoms with Crippen LogP contribution in [0.4, 0.5) is 10.1 Å². The van der Waals surface area contributed by atoms with Crippen LogP contribution in [0.5, 0.6) is 5.75 Å². The molecule has 0 unspecified atom stereocenters. The molecule has 2 aromatic carbocycles. The Kier molecular flexibility index (Phi) is 5.75. The van der Waals surface area contributed by atoms with E-state index in [4.69, 9.17) is 20.8 Å². The number of amides is 1. The largest absolute Gasteiger partial charge is 0.495 e. The molecule has 1 N–H and O–H groups in total. The average Bonchev–Trinajstić information content (AvgIpc) is 3.10. The van der Waals surface area contributed by atoms with E-state index in [-0.39, 0.29) is 28.6 Å². The standard InChI is InChI=1S/C17H13ClFN3O3S/c1-24-14-7-4-11(18)8-13(14)20-15(23)9-26-17-22-21-16(25-17)10-2-5-12(19)6-3-10/h2-8H,9H2,1H3,(H,20,23). The second-order valence-electron chi connectivity index (χ2n) is 5.06. The predicted octanol–water partition coefficient (Wildman–Crippen LogP) is 4.27. The summed E-state index contributed by atoms with van der Waals surface area (Å²) in [5.41, 5.74) is 1.07. The highest BCUT2D eigenvalue weighted by Gasteiger charge is 2.13. The number of hydrogen-bond donors (Lipinski definition) is 1. The molecule has 9 heteroatoms. The number of benzene rings is 2. The molecular formula is C17H13ClFN3O3S. The Bertz CT molecular complexity index is 918. The molecule has 0 fully saturated rings. The van der Waals surface area contributed by atoms with E-state index in [1.54, 1.807) is 18.2 Å². The van der Waals surface area contributed by atoms with Gasteiger partial charge in [0.1, 0.15) is 11.6 Å². The van der Waals surface area contributed by atoms with Crippen molar-refractivity contribution in [1.82, 2.24) is 10.2 Å². The highest BCUT2D eigenvalue weighted by atomic mass is 35.5. The fraction of sp³-hybridized carbons (Fsp3) is 0.118. The lowest BCUT2D eigenvalue weighted by molar-refractivity contribution is -0.113. The van der Waals surface area contributed by atoms with Crippen molar-refractivity contribution in [2.24, 2.45) is 0 Å². The van der Waals surface area contributed by atoms with Crippen LogP contribution in [0.25, 0.3) is 11.5 Å². The smallest absolute Gasteiger partial charge is 0.277 e. The number of anilines is 1. The topological polar surface area (TPSA) is 77.2 Å². The van der Waals surface area contributed by atoms with E-state index in [1.165, 1.54) is 31.4 Å². The third-order valence-electron chi connectivity index (χ3n) is 3.26. The molecule has 0 atom stereocenters. The lowest BCUT2D eigenvalue weighted by Gasteiger charge is -2.09. The Balaban J connectivity index is 1.60. The molecule has 0 saturated heterocycles. The van der Waals surface area contributed by atoms with Crippen molar-refractivity contribution < 1.29 is 18.3 Å². The quantitative estimate of drug-likeness (QED) is 0.630. The average molecular weight is 394 g/mol. The molecular weight excluding hydrogens is 381 g/mol. The zero-order valence-electron chi connectivity index (χ0n) is 13.5. The van der Waals surface area contributed by atoms with E-state index in [0.29, 0.717) is 22.0 Å². The zero-order chi connectivity index (χ0) is 18.5. The van der Waals surface area contributed by atoms with Crippen LogP contribution in [0, 0.1) is 5.82 Å². The lowest BCUT2D eigenvalue weighted by Crippen LogP contribution is -2.14. The molecule has 0 saturated carbocycles. The summed E-state index contributed by atoms with van der Waals surface area (Å²) in [5.74, 6) is 0.183. The van der Waals surface area contributed by atoms with Gasteiger partial charge in [0.05, 0.1) is 18.6 Å². The van der Waals surface area contributed by atoms with Crippen LogP contribution in [-0.4, -0.2) is 29.0 Å². The molecule has 0 aliphatic carbocycles. The minimum absolute atomic E-state index is 0.0563. The number of carbonyl (C=O) groups is 1. The van der Waals surface area contributed by atoms with Gasteiger partial charge in [-0.15, -0.1) is 10.2 Å². The molecule has 0 bridgehead atoms. The molecule has 0 aliphatic rings. The van der Waals surface area contributed by atoms with Gasteiger partial charge in [0, 0.05) is 10.6 Å². The summed E-state index contributed by atoms with van der Waals surface area (Å²) in [6, 6.07) is 10.6. The second-order valence-corrected chi connectivity index (χ2v) is 6.42. The minimum Gasteiger partial charge on any atom is -0.495 e. The van der Waals surface area contributed by atoms with Crippen molar-refractivity contribution >= 4 is 35.0 Å². The Morgan fingerprint density at radius 2 is 2.04 bits per heavy atom. The monoisotopic (exact) mass is 393 g/mol. The summed E-state index contributed by atoms with van der Waals surface area (Å²) in [5, 5.41) is 11.2. The van der Waals surface area contributed by atoms with Crippen LogP contribution in [0.2, 0.25) is 5.02 Å². The van der Waals surface area contributed by atoms with Crippen LogP contribution in [0.3, 0.4) is 0 Å². The molecule has 3 aromatic rings. The summed E-state index contributed by atoms with van der Waals surface area (Å²) in [4.78, 5) is 12.1. The normalized spacial score (nSPS) is 10.6. The third-order valence-corrected chi connectivity index (χ3v) is 4.31. The van der Waals surface area contributed by atoms with Gasteiger partial charge in [0.2, 0.25) is 11.8 Å². The van der Waals surface area contributed by atoms with Gasteiger partial charge in [-0.25, -0.2) is 4.39 Å². The van der Waals surface area contributed by atoms with Crippen LogP contribution in [0.1, 0.15) is 0 Å². The van der Waals surface area contributed by atoms with E-state index in [1.807, 2.05) is 0 Å². The van der Waals surface area contributed by atoms with E-state index >= 15 is 0 Å². The first-order chi connectivity index (χ1) is 12.5. The Morgan fingerprint density at radius 1 is 1.27 bits per heavy atom. The highest BCUT2D eigenvalue weighted by Crippen LogP contribution is 2.28. The highest BCUT2D eigenvalue weighted by molar-refractivity contribution is 7.99. The van der Waals surface area contributed by atoms with E-state index in [9.17, 15) is 9.18 Å². The molecule has 0 spiro atoms. The second kappa shape index (κ2) is 8.20. The van der Waals surface area contributed by atoms with Crippen molar-refractivity contribution in [3.05, 3.63) is 53.3 Å². The van der Waals surface area contributed by atoms with Gasteiger partial charge in [0.15, 0.2) is 0 Å². The van der Waals surface area contributed by atoms with Crippen LogP contribution in [0.15, 0.2) is 52.1 Å². The van der Waals surface area contributed by atoms with Crippen LogP contribution < -0.4 is 10.1 Å². The maximum atomic E-state index is 12.9. The van der Waals surface area contributed by atoms with Crippen molar-refractivity contribution in [3.8, 4) is 17.2 Å². The van der Waals surface area contributed by atoms with Gasteiger partial charge < -0.3 is 14.5 Å².